The molecule has 12 heteroatoms. The lowest BCUT2D eigenvalue weighted by Gasteiger charge is -2.43. The Kier molecular flexibility index (Phi) is 11.6. The number of carbonyl (C=O) groups is 3. The number of ketones is 2. The summed E-state index contributed by atoms with van der Waals surface area (Å²) < 4.78 is 12.5. The van der Waals surface area contributed by atoms with Crippen LogP contribution in [0.4, 0.5) is 0 Å². The van der Waals surface area contributed by atoms with Gasteiger partial charge in [0.15, 0.2) is 17.2 Å². The van der Waals surface area contributed by atoms with Gasteiger partial charge in [0.05, 0.1) is 33.2 Å². The molecule has 0 spiro atoms. The van der Waals surface area contributed by atoms with Crippen LogP contribution in [0.15, 0.2) is 35.5 Å². The highest BCUT2D eigenvalue weighted by Gasteiger charge is 2.87. The van der Waals surface area contributed by atoms with Crippen molar-refractivity contribution in [2.75, 3.05) is 33.8 Å². The predicted octanol–water partition coefficient (Wildman–Crippen LogP) is -2.00. The molecule has 292 valence electrons. The van der Waals surface area contributed by atoms with Crippen molar-refractivity contribution in [2.45, 2.75) is 127 Å². The number of likely N-dealkylation sites (N-methyl/N-ethyl adjacent to an activating group) is 1. The first-order valence-electron chi connectivity index (χ1n) is 20.9. The van der Waals surface area contributed by atoms with Gasteiger partial charge in [-0.25, -0.2) is 10.1 Å². The standard InChI is InChI=1S/C41H63N7O5/c1-5-45-32-22-26-11-7-6-10-25(26)21-27(32)23-52-38(51)41-36(50)30-13-9-8-12-29(30)35(49)40(41,53-41)18-16-24(2)20-33(47-39(42)44-4)28-17-19-46-37-31(28)14-15-34(43-3)48-37/h7,11,16,22,25,27-34,37,43,45-46,48H,5-6,8-10,12-15,17-21,23H2,1-4H3,(H3,42,44,47)/p+4/t25-,27-,28?,29?,30?,31?,32-,33+,34+,37?,40-,41-/m0/s1. The van der Waals surface area contributed by atoms with E-state index in [4.69, 9.17) is 15.2 Å². The molecule has 5 unspecified atom stereocenters. The number of Topliss-reactive ketones (excluding diaryl/α,β-unsaturated/α-hetero) is 2. The van der Waals surface area contributed by atoms with Crippen molar-refractivity contribution in [3.8, 4) is 0 Å². The maximum atomic E-state index is 14.5. The molecule has 3 aliphatic heterocycles. The molecule has 12 atom stereocenters. The quantitative estimate of drug-likeness (QED) is 0.0299. The molecule has 0 radical (unpaired) electrons. The van der Waals surface area contributed by atoms with E-state index in [0.717, 1.165) is 76.5 Å². The first-order chi connectivity index (χ1) is 25.6. The Morgan fingerprint density at radius 1 is 1.19 bits per heavy atom. The van der Waals surface area contributed by atoms with Crippen molar-refractivity contribution >= 4 is 23.5 Å². The number of nitrogens with one attached hydrogen (secondary N) is 3. The van der Waals surface area contributed by atoms with Crippen LogP contribution in [0.5, 0.6) is 0 Å². The summed E-state index contributed by atoms with van der Waals surface area (Å²) in [6.07, 6.45) is 20.2. The second kappa shape index (κ2) is 16.1. The van der Waals surface area contributed by atoms with Gasteiger partial charge in [0.25, 0.3) is 5.60 Å². The average molecular weight is 738 g/mol. The van der Waals surface area contributed by atoms with Gasteiger partial charge in [-0.05, 0) is 69.9 Å². The highest BCUT2D eigenvalue weighted by Crippen LogP contribution is 2.61. The van der Waals surface area contributed by atoms with Crippen LogP contribution in [0.25, 0.3) is 0 Å². The third-order valence-electron chi connectivity index (χ3n) is 14.2. The molecule has 3 heterocycles. The Balaban J connectivity index is 1.10. The summed E-state index contributed by atoms with van der Waals surface area (Å²) in [5, 5.41) is 14.5. The maximum Gasteiger partial charge on any atom is 0.350 e. The zero-order valence-electron chi connectivity index (χ0n) is 32.5. The number of quaternary nitrogens is 3. The van der Waals surface area contributed by atoms with Crippen molar-refractivity contribution in [3.63, 3.8) is 0 Å². The molecule has 0 bridgehead atoms. The highest BCUT2D eigenvalue weighted by molar-refractivity contribution is 6.23. The normalized spacial score (nSPS) is 40.2. The number of guanidine groups is 1. The van der Waals surface area contributed by atoms with Crippen molar-refractivity contribution < 1.29 is 44.8 Å². The van der Waals surface area contributed by atoms with Crippen LogP contribution in [0.1, 0.15) is 90.9 Å². The van der Waals surface area contributed by atoms with Crippen LogP contribution in [0.2, 0.25) is 0 Å². The SMILES string of the molecule is CC[NH2+][C@H]1C=C2C=CCC[C@H]2C[C@H]1COC(=O)[C@]12O[C@@]1(CC=C(C)C[C@@H](NC(N)=[NH+]C)C1CC[NH2+]C3N[C@@H]([NH2+]C)CCC31)C(=O)C1CCCCC1C2=O. The minimum absolute atomic E-state index is 0.0807. The second-order valence-electron chi connectivity index (χ2n) is 17.2. The van der Waals surface area contributed by atoms with Crippen molar-refractivity contribution in [1.29, 1.82) is 0 Å². The van der Waals surface area contributed by atoms with E-state index >= 15 is 0 Å². The highest BCUT2D eigenvalue weighted by atomic mass is 16.7. The van der Waals surface area contributed by atoms with Crippen molar-refractivity contribution in [3.05, 3.63) is 35.5 Å². The van der Waals surface area contributed by atoms with Crippen LogP contribution in [-0.4, -0.2) is 92.9 Å². The summed E-state index contributed by atoms with van der Waals surface area (Å²) in [6, 6.07) is 0.283. The number of fused-ring (bicyclic) bond motifs is 4. The lowest BCUT2D eigenvalue weighted by Crippen LogP contribution is -3.03. The molecule has 53 heavy (non-hydrogen) atoms. The van der Waals surface area contributed by atoms with Gasteiger partial charge in [-0.3, -0.25) is 25.6 Å². The molecule has 4 aliphatic carbocycles. The summed E-state index contributed by atoms with van der Waals surface area (Å²) in [4.78, 5) is 46.3. The van der Waals surface area contributed by atoms with E-state index in [-0.39, 0.29) is 42.6 Å². The molecule has 7 rings (SSSR count). The summed E-state index contributed by atoms with van der Waals surface area (Å²) in [5.74, 6) is 0.209. The zero-order chi connectivity index (χ0) is 37.3. The van der Waals surface area contributed by atoms with Crippen molar-refractivity contribution in [1.82, 2.24) is 10.6 Å². The van der Waals surface area contributed by atoms with Gasteiger partial charge in [-0.2, -0.15) is 0 Å². The van der Waals surface area contributed by atoms with Gasteiger partial charge in [0.2, 0.25) is 0 Å². The Labute approximate surface area is 315 Å². The molecule has 0 aromatic heterocycles. The number of carbonyl (C=O) groups excluding carboxylic acids is 3. The summed E-state index contributed by atoms with van der Waals surface area (Å²) in [5.41, 5.74) is 5.49. The number of esters is 1. The number of rotatable bonds is 12. The molecule has 2 saturated carbocycles. The molecule has 0 amide bonds. The number of allylic oxidation sites excluding steroid dienone is 3. The van der Waals surface area contributed by atoms with Gasteiger partial charge in [0, 0.05) is 55.3 Å². The zero-order valence-corrected chi connectivity index (χ0v) is 32.5. The molecule has 0 aromatic rings. The molecule has 11 N–H and O–H groups in total. The fourth-order valence-electron chi connectivity index (χ4n) is 11.3. The smallest absolute Gasteiger partial charge is 0.350 e. The van der Waals surface area contributed by atoms with Gasteiger partial charge in [-0.1, -0.05) is 36.6 Å². The number of ether oxygens (including phenoxy) is 2. The Bertz CT molecular complexity index is 1530. The molecule has 3 saturated heterocycles. The Morgan fingerprint density at radius 2 is 1.98 bits per heavy atom. The maximum absolute atomic E-state index is 14.5. The average Bonchev–Trinajstić information content (AvgIpc) is 3.89. The summed E-state index contributed by atoms with van der Waals surface area (Å²) in [6.45, 7) is 6.42. The molecule has 0 aromatic carbocycles. The minimum Gasteiger partial charge on any atom is -0.463 e. The van der Waals surface area contributed by atoms with Gasteiger partial charge < -0.3 is 25.4 Å². The van der Waals surface area contributed by atoms with Gasteiger partial charge in [0.1, 0.15) is 25.0 Å². The Hall–Kier alpha value is -2.90. The Morgan fingerprint density at radius 3 is 2.74 bits per heavy atom. The first kappa shape index (κ1) is 38.4. The summed E-state index contributed by atoms with van der Waals surface area (Å²) >= 11 is 0. The number of piperidine rings is 2. The molecule has 12 nitrogen and oxygen atoms in total. The van der Waals surface area contributed by atoms with E-state index in [1.807, 2.05) is 7.05 Å². The number of hydrogen-bond acceptors (Lipinski definition) is 6. The number of nitrogens with two attached hydrogens (primary N) is 4. The minimum atomic E-state index is -1.85. The summed E-state index contributed by atoms with van der Waals surface area (Å²) in [7, 11) is 3.96. The van der Waals surface area contributed by atoms with Crippen LogP contribution in [0.3, 0.4) is 0 Å². The number of hydrogen-bond donors (Lipinski definition) is 7. The lowest BCUT2D eigenvalue weighted by molar-refractivity contribution is -0.739. The van der Waals surface area contributed by atoms with Crippen LogP contribution in [0, 0.1) is 35.5 Å². The monoisotopic (exact) mass is 738 g/mol. The van der Waals surface area contributed by atoms with Crippen molar-refractivity contribution in [2.24, 2.45) is 41.2 Å². The first-order valence-corrected chi connectivity index (χ1v) is 20.9. The largest absolute Gasteiger partial charge is 0.463 e. The van der Waals surface area contributed by atoms with Gasteiger partial charge >= 0.3 is 11.9 Å². The van der Waals surface area contributed by atoms with E-state index < -0.39 is 29.0 Å². The molecule has 7 aliphatic rings. The van der Waals surface area contributed by atoms with E-state index in [9.17, 15) is 14.4 Å². The van der Waals surface area contributed by atoms with E-state index in [1.54, 1.807) is 0 Å². The lowest BCUT2D eigenvalue weighted by atomic mass is 9.61. The number of epoxide rings is 1. The van der Waals surface area contributed by atoms with E-state index in [1.165, 1.54) is 5.57 Å². The fraction of sp³-hybridized carbons (Fsp3) is 0.756. The van der Waals surface area contributed by atoms with Crippen LogP contribution < -0.4 is 37.3 Å². The van der Waals surface area contributed by atoms with Gasteiger partial charge in [-0.15, -0.1) is 0 Å². The van der Waals surface area contributed by atoms with Crippen LogP contribution in [-0.2, 0) is 23.9 Å². The van der Waals surface area contributed by atoms with E-state index in [0.29, 0.717) is 48.9 Å². The topological polar surface area (TPSA) is 187 Å². The molecule has 5 fully saturated rings. The van der Waals surface area contributed by atoms with E-state index in [2.05, 4.69) is 76.8 Å². The third kappa shape index (κ3) is 7.19. The molecular weight excluding hydrogens is 670 g/mol. The predicted molar refractivity (Wildman–Crippen MR) is 199 cm³/mol. The molecular formula is C41H67N7O5+4. The van der Waals surface area contributed by atoms with Crippen LogP contribution >= 0.6 is 0 Å². The fourth-order valence-corrected chi connectivity index (χ4v) is 11.3. The second-order valence-corrected chi connectivity index (χ2v) is 17.2. The third-order valence-corrected chi connectivity index (χ3v) is 14.2.